The Hall–Kier alpha value is -2.01. The summed E-state index contributed by atoms with van der Waals surface area (Å²) < 4.78 is 5.98. The molecule has 1 aliphatic heterocycles. The molecule has 2 amide bonds. The van der Waals surface area contributed by atoms with Gasteiger partial charge in [0, 0.05) is 37.6 Å². The van der Waals surface area contributed by atoms with Gasteiger partial charge in [0.05, 0.1) is 6.04 Å². The highest BCUT2D eigenvalue weighted by atomic mass is 16.3. The van der Waals surface area contributed by atoms with Gasteiger partial charge in [-0.1, -0.05) is 32.0 Å². The summed E-state index contributed by atoms with van der Waals surface area (Å²) in [6.45, 7) is 12.5. The van der Waals surface area contributed by atoms with E-state index in [1.54, 1.807) is 0 Å². The molecule has 0 bridgehead atoms. The number of amides is 2. The molecule has 5 heteroatoms. The molecule has 5 nitrogen and oxygen atoms in total. The molecule has 0 aliphatic carbocycles. The average molecular weight is 372 g/mol. The number of urea groups is 1. The van der Waals surface area contributed by atoms with Crippen molar-refractivity contribution in [2.75, 3.05) is 26.2 Å². The van der Waals surface area contributed by atoms with Crippen molar-refractivity contribution in [1.29, 1.82) is 0 Å². The number of carbonyl (C=O) groups is 1. The molecule has 1 aromatic heterocycles. The van der Waals surface area contributed by atoms with Crippen LogP contribution in [0, 0.1) is 5.92 Å². The summed E-state index contributed by atoms with van der Waals surface area (Å²) in [6, 6.07) is 10.2. The number of carbonyl (C=O) groups excluding carboxylic acids is 1. The van der Waals surface area contributed by atoms with E-state index in [1.807, 2.05) is 49.1 Å². The largest absolute Gasteiger partial charge is 0.459 e. The highest BCUT2D eigenvalue weighted by Gasteiger charge is 2.26. The maximum absolute atomic E-state index is 12.9. The molecule has 1 atom stereocenters. The zero-order valence-electron chi connectivity index (χ0n) is 17.1. The Morgan fingerprint density at radius 2 is 1.96 bits per heavy atom. The third kappa shape index (κ3) is 4.83. The van der Waals surface area contributed by atoms with Gasteiger partial charge < -0.3 is 19.5 Å². The molecule has 1 fully saturated rings. The fourth-order valence-electron chi connectivity index (χ4n) is 3.99. The minimum absolute atomic E-state index is 0.00719. The molecule has 0 radical (unpaired) electrons. The van der Waals surface area contributed by atoms with E-state index in [1.165, 1.54) is 0 Å². The summed E-state index contributed by atoms with van der Waals surface area (Å²) in [5.41, 5.74) is 0.869. The van der Waals surface area contributed by atoms with Crippen LogP contribution in [0.2, 0.25) is 0 Å². The molecule has 0 spiro atoms. The zero-order valence-corrected chi connectivity index (χ0v) is 17.1. The lowest BCUT2D eigenvalue weighted by Gasteiger charge is -2.35. The SMILES string of the molecule is CCN(C(=O)NC1CCN(CC(C)C)CC1)C(C)c1cc2ccccc2o1. The predicted molar refractivity (Wildman–Crippen MR) is 110 cm³/mol. The number of hydrogen-bond acceptors (Lipinski definition) is 3. The fraction of sp³-hybridized carbons (Fsp3) is 0.591. The van der Waals surface area contributed by atoms with Gasteiger partial charge in [-0.05, 0) is 44.7 Å². The Bertz CT molecular complexity index is 714. The molecule has 3 rings (SSSR count). The van der Waals surface area contributed by atoms with Crippen molar-refractivity contribution in [1.82, 2.24) is 15.1 Å². The number of rotatable bonds is 6. The lowest BCUT2D eigenvalue weighted by atomic mass is 10.0. The van der Waals surface area contributed by atoms with Crippen LogP contribution in [0.25, 0.3) is 11.0 Å². The Labute approximate surface area is 162 Å². The minimum Gasteiger partial charge on any atom is -0.459 e. The maximum Gasteiger partial charge on any atom is 0.318 e. The number of para-hydroxylation sites is 1. The highest BCUT2D eigenvalue weighted by molar-refractivity contribution is 5.78. The van der Waals surface area contributed by atoms with Gasteiger partial charge in [-0.25, -0.2) is 4.79 Å². The molecule has 1 N–H and O–H groups in total. The van der Waals surface area contributed by atoms with Crippen LogP contribution >= 0.6 is 0 Å². The van der Waals surface area contributed by atoms with E-state index in [4.69, 9.17) is 4.42 Å². The number of hydrogen-bond donors (Lipinski definition) is 1. The van der Waals surface area contributed by atoms with E-state index < -0.39 is 0 Å². The van der Waals surface area contributed by atoms with Crippen LogP contribution in [0.1, 0.15) is 52.3 Å². The lowest BCUT2D eigenvalue weighted by Crippen LogP contribution is -2.50. The number of benzene rings is 1. The van der Waals surface area contributed by atoms with Gasteiger partial charge in [0.15, 0.2) is 0 Å². The molecular weight excluding hydrogens is 338 g/mol. The number of nitrogens with one attached hydrogen (secondary N) is 1. The Morgan fingerprint density at radius 1 is 1.26 bits per heavy atom. The second-order valence-electron chi connectivity index (χ2n) is 8.07. The number of nitrogens with zero attached hydrogens (tertiary/aromatic N) is 2. The predicted octanol–water partition coefficient (Wildman–Crippen LogP) is 4.65. The van der Waals surface area contributed by atoms with E-state index >= 15 is 0 Å². The van der Waals surface area contributed by atoms with E-state index in [-0.39, 0.29) is 18.1 Å². The number of furan rings is 1. The summed E-state index contributed by atoms with van der Waals surface area (Å²) in [4.78, 5) is 17.3. The van der Waals surface area contributed by atoms with Crippen LogP contribution in [0.15, 0.2) is 34.7 Å². The number of piperidine rings is 1. The highest BCUT2D eigenvalue weighted by Crippen LogP contribution is 2.27. The average Bonchev–Trinajstić information content (AvgIpc) is 3.07. The summed E-state index contributed by atoms with van der Waals surface area (Å²) in [5, 5.41) is 4.32. The first-order valence-electron chi connectivity index (χ1n) is 10.3. The van der Waals surface area contributed by atoms with Crippen molar-refractivity contribution in [2.24, 2.45) is 5.92 Å². The molecular formula is C22H33N3O2. The first-order valence-corrected chi connectivity index (χ1v) is 10.3. The Kier molecular flexibility index (Phi) is 6.42. The van der Waals surface area contributed by atoms with Crippen LogP contribution in [-0.2, 0) is 0 Å². The van der Waals surface area contributed by atoms with Crippen molar-refractivity contribution >= 4 is 17.0 Å². The van der Waals surface area contributed by atoms with Crippen molar-refractivity contribution in [3.8, 4) is 0 Å². The minimum atomic E-state index is -0.0940. The number of fused-ring (bicyclic) bond motifs is 1. The lowest BCUT2D eigenvalue weighted by molar-refractivity contribution is 0.153. The first-order chi connectivity index (χ1) is 13.0. The van der Waals surface area contributed by atoms with Gasteiger partial charge >= 0.3 is 6.03 Å². The van der Waals surface area contributed by atoms with Crippen molar-refractivity contribution in [2.45, 2.75) is 52.6 Å². The van der Waals surface area contributed by atoms with Crippen molar-refractivity contribution in [3.05, 3.63) is 36.1 Å². The maximum atomic E-state index is 12.9. The smallest absolute Gasteiger partial charge is 0.318 e. The van der Waals surface area contributed by atoms with E-state index in [9.17, 15) is 4.79 Å². The number of likely N-dealkylation sites (tertiary alicyclic amines) is 1. The topological polar surface area (TPSA) is 48.7 Å². The van der Waals surface area contributed by atoms with Gasteiger partial charge in [-0.15, -0.1) is 0 Å². The zero-order chi connectivity index (χ0) is 19.4. The Balaban J connectivity index is 1.59. The second-order valence-corrected chi connectivity index (χ2v) is 8.07. The summed E-state index contributed by atoms with van der Waals surface area (Å²) in [5.74, 6) is 1.52. The first kappa shape index (κ1) is 19.7. The monoisotopic (exact) mass is 371 g/mol. The molecule has 27 heavy (non-hydrogen) atoms. The fourth-order valence-corrected chi connectivity index (χ4v) is 3.99. The molecule has 0 saturated carbocycles. The quantitative estimate of drug-likeness (QED) is 0.804. The molecule has 2 aromatic rings. The van der Waals surface area contributed by atoms with Gasteiger partial charge in [-0.2, -0.15) is 0 Å². The van der Waals surface area contributed by atoms with Gasteiger partial charge in [0.25, 0.3) is 0 Å². The van der Waals surface area contributed by atoms with Gasteiger partial charge in [-0.3, -0.25) is 0 Å². The second kappa shape index (κ2) is 8.79. The van der Waals surface area contributed by atoms with Crippen LogP contribution in [-0.4, -0.2) is 48.1 Å². The van der Waals surface area contributed by atoms with E-state index in [2.05, 4.69) is 24.1 Å². The summed E-state index contributed by atoms with van der Waals surface area (Å²) in [6.07, 6.45) is 2.05. The van der Waals surface area contributed by atoms with Gasteiger partial charge in [0.2, 0.25) is 0 Å². The van der Waals surface area contributed by atoms with Crippen molar-refractivity contribution < 1.29 is 9.21 Å². The van der Waals surface area contributed by atoms with Gasteiger partial charge in [0.1, 0.15) is 11.3 Å². The summed E-state index contributed by atoms with van der Waals surface area (Å²) >= 11 is 0. The van der Waals surface area contributed by atoms with Crippen LogP contribution in [0.4, 0.5) is 4.79 Å². The standard InChI is InChI=1S/C22H33N3O2/c1-5-25(17(4)21-14-18-8-6-7-9-20(18)27-21)22(26)23-19-10-12-24(13-11-19)15-16(2)3/h6-9,14,16-17,19H,5,10-13,15H2,1-4H3,(H,23,26). The molecule has 1 saturated heterocycles. The van der Waals surface area contributed by atoms with Crippen LogP contribution in [0.5, 0.6) is 0 Å². The molecule has 1 aliphatic rings. The molecule has 148 valence electrons. The third-order valence-electron chi connectivity index (χ3n) is 5.46. The van der Waals surface area contributed by atoms with Crippen molar-refractivity contribution in [3.63, 3.8) is 0 Å². The molecule has 2 heterocycles. The van der Waals surface area contributed by atoms with Crippen LogP contribution in [0.3, 0.4) is 0 Å². The summed E-state index contributed by atoms with van der Waals surface area (Å²) in [7, 11) is 0. The molecule has 1 aromatic carbocycles. The Morgan fingerprint density at radius 3 is 2.59 bits per heavy atom. The third-order valence-corrected chi connectivity index (χ3v) is 5.46. The van der Waals surface area contributed by atoms with Crippen LogP contribution < -0.4 is 5.32 Å². The normalized spacial score (nSPS) is 17.4. The molecule has 1 unspecified atom stereocenters. The van der Waals surface area contributed by atoms with E-state index in [0.29, 0.717) is 12.5 Å². The van der Waals surface area contributed by atoms with E-state index in [0.717, 1.165) is 49.2 Å².